The Labute approximate surface area is 146 Å². The summed E-state index contributed by atoms with van der Waals surface area (Å²) in [6, 6.07) is 13.8. The fraction of sp³-hybridized carbons (Fsp3) is 0.200. The largest absolute Gasteiger partial charge is 0.508 e. The maximum Gasteiger partial charge on any atom is 0.151 e. The number of rotatable bonds is 5. The van der Waals surface area contributed by atoms with Crippen LogP contribution in [0.2, 0.25) is 0 Å². The maximum atomic E-state index is 11.7. The molecule has 0 saturated heterocycles. The fourth-order valence-electron chi connectivity index (χ4n) is 2.95. The molecule has 1 heterocycles. The molecule has 0 unspecified atom stereocenters. The normalized spacial score (nSPS) is 10.8. The zero-order valence-corrected chi connectivity index (χ0v) is 14.2. The van der Waals surface area contributed by atoms with Gasteiger partial charge in [-0.05, 0) is 61.9 Å². The molecule has 0 amide bonds. The van der Waals surface area contributed by atoms with E-state index in [1.165, 1.54) is 6.92 Å². The van der Waals surface area contributed by atoms with Crippen molar-refractivity contribution in [3.63, 3.8) is 0 Å². The van der Waals surface area contributed by atoms with Gasteiger partial charge in [0.2, 0.25) is 0 Å². The van der Waals surface area contributed by atoms with Crippen LogP contribution < -0.4 is 0 Å². The number of hydrogen-bond acceptors (Lipinski definition) is 4. The molecule has 0 aliphatic rings. The molecule has 0 saturated carbocycles. The Morgan fingerprint density at radius 2 is 1.48 bits per heavy atom. The lowest BCUT2D eigenvalue weighted by Gasteiger charge is -2.08. The summed E-state index contributed by atoms with van der Waals surface area (Å²) in [6.45, 7) is 3.76. The number of aromatic hydroxyl groups is 2. The van der Waals surface area contributed by atoms with Crippen molar-refractivity contribution >= 4 is 5.78 Å². The van der Waals surface area contributed by atoms with Crippen LogP contribution in [0.5, 0.6) is 11.5 Å². The Morgan fingerprint density at radius 3 is 1.96 bits per heavy atom. The molecular formula is C20H20N2O3. The molecule has 0 bridgehead atoms. The summed E-state index contributed by atoms with van der Waals surface area (Å²) in [5.74, 6) is 0.407. The van der Waals surface area contributed by atoms with Crippen molar-refractivity contribution in [2.45, 2.75) is 26.8 Å². The summed E-state index contributed by atoms with van der Waals surface area (Å²) >= 11 is 0. The molecule has 25 heavy (non-hydrogen) atoms. The first kappa shape index (κ1) is 16.8. The summed E-state index contributed by atoms with van der Waals surface area (Å²) < 4.78 is 1.72. The first-order chi connectivity index (χ1) is 12.0. The Kier molecular flexibility index (Phi) is 4.57. The molecule has 5 heteroatoms. The van der Waals surface area contributed by atoms with Crippen molar-refractivity contribution in [1.82, 2.24) is 9.78 Å². The minimum atomic E-state index is 0.0161. The third-order valence-corrected chi connectivity index (χ3v) is 4.06. The van der Waals surface area contributed by atoms with E-state index in [9.17, 15) is 15.0 Å². The molecule has 0 aliphatic heterocycles. The first-order valence-corrected chi connectivity index (χ1v) is 8.17. The lowest BCUT2D eigenvalue weighted by molar-refractivity contribution is -0.117. The third kappa shape index (κ3) is 3.40. The molecule has 128 valence electrons. The van der Waals surface area contributed by atoms with E-state index in [2.05, 4.69) is 5.10 Å². The molecule has 0 radical (unpaired) electrons. The van der Waals surface area contributed by atoms with E-state index in [1.54, 1.807) is 28.9 Å². The number of phenolic OH excluding ortho intramolecular Hbond substituents is 2. The van der Waals surface area contributed by atoms with Crippen molar-refractivity contribution in [3.8, 4) is 34.0 Å². The average molecular weight is 336 g/mol. The van der Waals surface area contributed by atoms with E-state index >= 15 is 0 Å². The van der Waals surface area contributed by atoms with Gasteiger partial charge in [0, 0.05) is 16.7 Å². The summed E-state index contributed by atoms with van der Waals surface area (Å²) in [5.41, 5.74) is 4.48. The topological polar surface area (TPSA) is 75.4 Å². The highest BCUT2D eigenvalue weighted by molar-refractivity contribution is 5.79. The Morgan fingerprint density at radius 1 is 0.960 bits per heavy atom. The van der Waals surface area contributed by atoms with Gasteiger partial charge in [0.1, 0.15) is 11.5 Å². The summed E-state index contributed by atoms with van der Waals surface area (Å²) in [7, 11) is 0. The first-order valence-electron chi connectivity index (χ1n) is 8.17. The Bertz CT molecular complexity index is 894. The van der Waals surface area contributed by atoms with Gasteiger partial charge in [0.15, 0.2) is 5.78 Å². The zero-order valence-electron chi connectivity index (χ0n) is 14.2. The molecule has 1 aromatic heterocycles. The zero-order chi connectivity index (χ0) is 18.0. The van der Waals surface area contributed by atoms with Crippen LogP contribution in [0.1, 0.15) is 19.4 Å². The fourth-order valence-corrected chi connectivity index (χ4v) is 2.95. The predicted molar refractivity (Wildman–Crippen MR) is 96.5 cm³/mol. The van der Waals surface area contributed by atoms with E-state index in [1.807, 2.05) is 31.2 Å². The van der Waals surface area contributed by atoms with Crippen molar-refractivity contribution < 1.29 is 15.0 Å². The molecule has 3 aromatic rings. The number of phenols is 2. The second kappa shape index (κ2) is 6.81. The van der Waals surface area contributed by atoms with Crippen LogP contribution in [-0.4, -0.2) is 25.8 Å². The standard InChI is InChI=1S/C20H20N2O3/c1-3-18-19(14-4-8-16(24)9-5-14)21-22(12-13(2)23)20(18)15-6-10-17(25)11-7-15/h4-11,24-25H,3,12H2,1-2H3. The summed E-state index contributed by atoms with van der Waals surface area (Å²) in [6.07, 6.45) is 0.740. The quantitative estimate of drug-likeness (QED) is 0.743. The minimum Gasteiger partial charge on any atom is -0.508 e. The Hall–Kier alpha value is -3.08. The predicted octanol–water partition coefficient (Wildman–Crippen LogP) is 3.78. The van der Waals surface area contributed by atoms with Gasteiger partial charge in [0.05, 0.1) is 17.9 Å². The smallest absolute Gasteiger partial charge is 0.151 e. The van der Waals surface area contributed by atoms with Crippen LogP contribution in [0.4, 0.5) is 0 Å². The summed E-state index contributed by atoms with van der Waals surface area (Å²) in [4.78, 5) is 11.7. The van der Waals surface area contributed by atoms with Crippen molar-refractivity contribution in [2.24, 2.45) is 0 Å². The highest BCUT2D eigenvalue weighted by atomic mass is 16.3. The van der Waals surface area contributed by atoms with Gasteiger partial charge in [-0.2, -0.15) is 5.10 Å². The third-order valence-electron chi connectivity index (χ3n) is 4.06. The number of aromatic nitrogens is 2. The van der Waals surface area contributed by atoms with Gasteiger partial charge < -0.3 is 10.2 Å². The minimum absolute atomic E-state index is 0.0161. The van der Waals surface area contributed by atoms with E-state index in [-0.39, 0.29) is 23.8 Å². The molecule has 0 spiro atoms. The highest BCUT2D eigenvalue weighted by Crippen LogP contribution is 2.34. The van der Waals surface area contributed by atoms with Gasteiger partial charge in [-0.25, -0.2) is 0 Å². The van der Waals surface area contributed by atoms with Crippen LogP contribution in [0.15, 0.2) is 48.5 Å². The van der Waals surface area contributed by atoms with Gasteiger partial charge in [-0.15, -0.1) is 0 Å². The van der Waals surface area contributed by atoms with E-state index in [0.717, 1.165) is 34.5 Å². The number of Topliss-reactive ketones (excluding diaryl/α,β-unsaturated/α-hetero) is 1. The SMILES string of the molecule is CCc1c(-c2ccc(O)cc2)nn(CC(C)=O)c1-c1ccc(O)cc1. The van der Waals surface area contributed by atoms with Crippen molar-refractivity contribution in [3.05, 3.63) is 54.1 Å². The maximum absolute atomic E-state index is 11.7. The number of hydrogen-bond donors (Lipinski definition) is 2. The number of ketones is 1. The van der Waals surface area contributed by atoms with Crippen molar-refractivity contribution in [2.75, 3.05) is 0 Å². The highest BCUT2D eigenvalue weighted by Gasteiger charge is 2.20. The number of nitrogens with zero attached hydrogens (tertiary/aromatic N) is 2. The number of carbonyl (C=O) groups excluding carboxylic acids is 1. The molecule has 0 fully saturated rings. The van der Waals surface area contributed by atoms with Gasteiger partial charge in [-0.1, -0.05) is 6.92 Å². The van der Waals surface area contributed by atoms with Crippen LogP contribution in [-0.2, 0) is 17.8 Å². The van der Waals surface area contributed by atoms with Crippen molar-refractivity contribution in [1.29, 1.82) is 0 Å². The summed E-state index contributed by atoms with van der Waals surface area (Å²) in [5, 5.41) is 23.7. The van der Waals surface area contributed by atoms with E-state index in [4.69, 9.17) is 0 Å². The molecule has 2 aromatic carbocycles. The molecule has 5 nitrogen and oxygen atoms in total. The van der Waals surface area contributed by atoms with Gasteiger partial charge >= 0.3 is 0 Å². The second-order valence-electron chi connectivity index (χ2n) is 5.98. The van der Waals surface area contributed by atoms with Gasteiger partial charge in [0.25, 0.3) is 0 Å². The lowest BCUT2D eigenvalue weighted by Crippen LogP contribution is -2.09. The number of benzene rings is 2. The van der Waals surface area contributed by atoms with Crippen LogP contribution in [0.25, 0.3) is 22.5 Å². The molecule has 0 aliphatic carbocycles. The van der Waals surface area contributed by atoms with E-state index in [0.29, 0.717) is 0 Å². The molecule has 0 atom stereocenters. The monoisotopic (exact) mass is 336 g/mol. The molecule has 2 N–H and O–H groups in total. The van der Waals surface area contributed by atoms with Crippen LogP contribution >= 0.6 is 0 Å². The van der Waals surface area contributed by atoms with Crippen LogP contribution in [0, 0.1) is 0 Å². The number of carbonyl (C=O) groups is 1. The lowest BCUT2D eigenvalue weighted by atomic mass is 10.00. The van der Waals surface area contributed by atoms with Crippen LogP contribution in [0.3, 0.4) is 0 Å². The van der Waals surface area contributed by atoms with E-state index < -0.39 is 0 Å². The Balaban J connectivity index is 2.22. The average Bonchev–Trinajstić information content (AvgIpc) is 2.93. The second-order valence-corrected chi connectivity index (χ2v) is 5.98. The molecular weight excluding hydrogens is 316 g/mol. The molecule has 3 rings (SSSR count). The van der Waals surface area contributed by atoms with Gasteiger partial charge in [-0.3, -0.25) is 9.48 Å².